The maximum atomic E-state index is 5.86. The molecule has 0 aliphatic rings. The topological polar surface area (TPSA) is 43.8 Å². The van der Waals surface area contributed by atoms with Gasteiger partial charge in [-0.1, -0.05) is 20.8 Å². The lowest BCUT2D eigenvalue weighted by molar-refractivity contribution is 0.210. The predicted octanol–water partition coefficient (Wildman–Crippen LogP) is 1.97. The Kier molecular flexibility index (Phi) is 3.91. The molecule has 0 amide bonds. The Hall–Kier alpha value is -0.830. The average Bonchev–Trinajstić information content (AvgIpc) is 2.60. The Bertz CT molecular complexity index is 304. The van der Waals surface area contributed by atoms with E-state index >= 15 is 0 Å². The summed E-state index contributed by atoms with van der Waals surface area (Å²) in [4.78, 5) is 0. The van der Waals surface area contributed by atoms with Crippen LogP contribution in [0.1, 0.15) is 32.8 Å². The quantitative estimate of drug-likeness (QED) is 0.805. The number of nitrogens with zero attached hydrogens (tertiary/aromatic N) is 2. The van der Waals surface area contributed by atoms with Gasteiger partial charge in [-0.05, 0) is 36.3 Å². The van der Waals surface area contributed by atoms with Gasteiger partial charge in [-0.3, -0.25) is 4.68 Å². The van der Waals surface area contributed by atoms with E-state index in [0.29, 0.717) is 5.92 Å². The van der Waals surface area contributed by atoms with Gasteiger partial charge < -0.3 is 5.73 Å². The van der Waals surface area contributed by atoms with Gasteiger partial charge in [0.1, 0.15) is 0 Å². The first-order valence-electron chi connectivity index (χ1n) is 5.65. The van der Waals surface area contributed by atoms with E-state index in [1.807, 2.05) is 17.9 Å². The monoisotopic (exact) mass is 209 g/mol. The van der Waals surface area contributed by atoms with Crippen molar-refractivity contribution in [1.29, 1.82) is 0 Å². The normalized spacial score (nSPS) is 15.6. The minimum atomic E-state index is 0.246. The van der Waals surface area contributed by atoms with Crippen LogP contribution in [0, 0.1) is 11.3 Å². The van der Waals surface area contributed by atoms with Gasteiger partial charge in [0, 0.05) is 13.2 Å². The molecule has 0 saturated heterocycles. The van der Waals surface area contributed by atoms with Gasteiger partial charge in [-0.15, -0.1) is 0 Å². The maximum absolute atomic E-state index is 5.86. The van der Waals surface area contributed by atoms with E-state index in [1.165, 1.54) is 5.56 Å². The Morgan fingerprint density at radius 2 is 2.20 bits per heavy atom. The molecule has 86 valence electrons. The van der Waals surface area contributed by atoms with Gasteiger partial charge in [0.25, 0.3) is 0 Å². The van der Waals surface area contributed by atoms with Crippen molar-refractivity contribution in [3.8, 4) is 0 Å². The first-order valence-corrected chi connectivity index (χ1v) is 5.65. The molecule has 1 unspecified atom stereocenters. The summed E-state index contributed by atoms with van der Waals surface area (Å²) >= 11 is 0. The number of nitrogens with two attached hydrogens (primary N) is 1. The molecular formula is C12H23N3. The molecule has 0 aromatic carbocycles. The van der Waals surface area contributed by atoms with Crippen molar-refractivity contribution in [3.05, 3.63) is 18.0 Å². The molecule has 0 fully saturated rings. The molecular weight excluding hydrogens is 186 g/mol. The van der Waals surface area contributed by atoms with Crippen molar-refractivity contribution in [2.75, 3.05) is 6.54 Å². The smallest absolute Gasteiger partial charge is 0.0521 e. The van der Waals surface area contributed by atoms with Crippen LogP contribution in [0.25, 0.3) is 0 Å². The van der Waals surface area contributed by atoms with E-state index < -0.39 is 0 Å². The van der Waals surface area contributed by atoms with Crippen LogP contribution in [0.3, 0.4) is 0 Å². The van der Waals surface area contributed by atoms with E-state index in [-0.39, 0.29) is 5.41 Å². The molecule has 1 atom stereocenters. The van der Waals surface area contributed by atoms with Crippen LogP contribution < -0.4 is 5.73 Å². The van der Waals surface area contributed by atoms with Crippen LogP contribution in [0.4, 0.5) is 0 Å². The highest BCUT2D eigenvalue weighted by atomic mass is 15.2. The first kappa shape index (κ1) is 12.2. The lowest BCUT2D eigenvalue weighted by atomic mass is 9.75. The summed E-state index contributed by atoms with van der Waals surface area (Å²) in [6.45, 7) is 7.52. The summed E-state index contributed by atoms with van der Waals surface area (Å²) < 4.78 is 1.85. The van der Waals surface area contributed by atoms with E-state index in [1.54, 1.807) is 0 Å². The summed E-state index contributed by atoms with van der Waals surface area (Å²) in [5, 5.41) is 4.17. The molecule has 1 rings (SSSR count). The molecule has 0 spiro atoms. The Morgan fingerprint density at radius 1 is 1.53 bits per heavy atom. The molecule has 3 nitrogen and oxygen atoms in total. The van der Waals surface area contributed by atoms with Crippen molar-refractivity contribution < 1.29 is 0 Å². The highest BCUT2D eigenvalue weighted by Gasteiger charge is 2.26. The van der Waals surface area contributed by atoms with E-state index in [9.17, 15) is 0 Å². The molecule has 0 radical (unpaired) electrons. The van der Waals surface area contributed by atoms with Crippen LogP contribution >= 0.6 is 0 Å². The van der Waals surface area contributed by atoms with Crippen molar-refractivity contribution in [2.24, 2.45) is 24.1 Å². The molecule has 0 aliphatic heterocycles. The molecule has 1 heterocycles. The fourth-order valence-electron chi connectivity index (χ4n) is 1.66. The van der Waals surface area contributed by atoms with Crippen LogP contribution in [0.2, 0.25) is 0 Å². The minimum absolute atomic E-state index is 0.246. The summed E-state index contributed by atoms with van der Waals surface area (Å²) in [6.07, 6.45) is 6.22. The van der Waals surface area contributed by atoms with Crippen LogP contribution in [-0.4, -0.2) is 16.3 Å². The van der Waals surface area contributed by atoms with E-state index in [0.717, 1.165) is 19.4 Å². The fourth-order valence-corrected chi connectivity index (χ4v) is 1.66. The molecule has 1 aromatic rings. The summed E-state index contributed by atoms with van der Waals surface area (Å²) in [5.41, 5.74) is 7.41. The Labute approximate surface area is 92.7 Å². The predicted molar refractivity (Wildman–Crippen MR) is 63.5 cm³/mol. The number of aryl methyl sites for hydroxylation is 2. The number of aromatic nitrogens is 2. The van der Waals surface area contributed by atoms with Crippen molar-refractivity contribution in [2.45, 2.75) is 33.6 Å². The standard InChI is InChI=1S/C12H23N3/c1-10(2)12(3,9-13)6-5-11-7-14-15(4)8-11/h7-8,10H,5-6,9,13H2,1-4H3. The lowest BCUT2D eigenvalue weighted by Crippen LogP contribution is -2.33. The zero-order valence-electron chi connectivity index (χ0n) is 10.3. The molecule has 2 N–H and O–H groups in total. The molecule has 3 heteroatoms. The maximum Gasteiger partial charge on any atom is 0.0521 e. The van der Waals surface area contributed by atoms with Crippen molar-refractivity contribution in [3.63, 3.8) is 0 Å². The lowest BCUT2D eigenvalue weighted by Gasteiger charge is -2.32. The Morgan fingerprint density at radius 3 is 2.60 bits per heavy atom. The highest BCUT2D eigenvalue weighted by molar-refractivity contribution is 5.04. The summed E-state index contributed by atoms with van der Waals surface area (Å²) in [5.74, 6) is 0.624. The zero-order valence-corrected chi connectivity index (χ0v) is 10.3. The third-order valence-corrected chi connectivity index (χ3v) is 3.60. The van der Waals surface area contributed by atoms with Crippen LogP contribution in [0.15, 0.2) is 12.4 Å². The second kappa shape index (κ2) is 4.79. The molecule has 0 bridgehead atoms. The second-order valence-corrected chi connectivity index (χ2v) is 5.04. The largest absolute Gasteiger partial charge is 0.330 e. The van der Waals surface area contributed by atoms with E-state index in [2.05, 4.69) is 32.1 Å². The van der Waals surface area contributed by atoms with Crippen LogP contribution in [-0.2, 0) is 13.5 Å². The van der Waals surface area contributed by atoms with Crippen molar-refractivity contribution >= 4 is 0 Å². The van der Waals surface area contributed by atoms with Gasteiger partial charge in [0.05, 0.1) is 6.20 Å². The summed E-state index contributed by atoms with van der Waals surface area (Å²) in [6, 6.07) is 0. The third kappa shape index (κ3) is 3.06. The first-order chi connectivity index (χ1) is 6.98. The van der Waals surface area contributed by atoms with Crippen LogP contribution in [0.5, 0.6) is 0 Å². The summed E-state index contributed by atoms with van der Waals surface area (Å²) in [7, 11) is 1.95. The van der Waals surface area contributed by atoms with Gasteiger partial charge in [-0.2, -0.15) is 5.10 Å². The molecule has 0 saturated carbocycles. The Balaban J connectivity index is 2.55. The second-order valence-electron chi connectivity index (χ2n) is 5.04. The van der Waals surface area contributed by atoms with E-state index in [4.69, 9.17) is 5.73 Å². The highest BCUT2D eigenvalue weighted by Crippen LogP contribution is 2.30. The molecule has 15 heavy (non-hydrogen) atoms. The molecule has 1 aromatic heterocycles. The SMILES string of the molecule is CC(C)C(C)(CN)CCc1cnn(C)c1. The van der Waals surface area contributed by atoms with Gasteiger partial charge in [-0.25, -0.2) is 0 Å². The average molecular weight is 209 g/mol. The minimum Gasteiger partial charge on any atom is -0.330 e. The van der Waals surface area contributed by atoms with Gasteiger partial charge >= 0.3 is 0 Å². The van der Waals surface area contributed by atoms with Gasteiger partial charge in [0.2, 0.25) is 0 Å². The van der Waals surface area contributed by atoms with Gasteiger partial charge in [0.15, 0.2) is 0 Å². The number of rotatable bonds is 5. The zero-order chi connectivity index (χ0) is 11.5. The van der Waals surface area contributed by atoms with Crippen molar-refractivity contribution in [1.82, 2.24) is 9.78 Å². The fraction of sp³-hybridized carbons (Fsp3) is 0.750. The third-order valence-electron chi connectivity index (χ3n) is 3.60. The molecule has 0 aliphatic carbocycles. The number of hydrogen-bond donors (Lipinski definition) is 1. The number of hydrogen-bond acceptors (Lipinski definition) is 2.